The molecule has 2 N–H and O–H groups in total. The van der Waals surface area contributed by atoms with E-state index in [0.717, 1.165) is 16.5 Å². The third-order valence-electron chi connectivity index (χ3n) is 3.47. The highest BCUT2D eigenvalue weighted by Crippen LogP contribution is 2.30. The van der Waals surface area contributed by atoms with Gasteiger partial charge in [0.25, 0.3) is 5.91 Å². The Morgan fingerprint density at radius 2 is 1.83 bits per heavy atom. The van der Waals surface area contributed by atoms with Crippen molar-refractivity contribution in [1.82, 2.24) is 0 Å². The highest BCUT2D eigenvalue weighted by atomic mass is 79.9. The normalized spacial score (nSPS) is 15.3. The monoisotopic (exact) mass is 377 g/mol. The number of ether oxygens (including phenoxy) is 2. The summed E-state index contributed by atoms with van der Waals surface area (Å²) in [5.74, 6) is -0.301. The van der Waals surface area contributed by atoms with Crippen molar-refractivity contribution >= 4 is 27.5 Å². The summed E-state index contributed by atoms with van der Waals surface area (Å²) < 4.78 is 12.0. The number of amides is 1. The summed E-state index contributed by atoms with van der Waals surface area (Å²) in [6, 6.07) is 11.9. The molecule has 120 valence electrons. The zero-order valence-electron chi connectivity index (χ0n) is 12.3. The van der Waals surface area contributed by atoms with E-state index in [4.69, 9.17) is 9.47 Å². The van der Waals surface area contributed by atoms with Crippen molar-refractivity contribution in [3.8, 4) is 5.75 Å². The lowest BCUT2D eigenvalue weighted by Gasteiger charge is -2.24. The molecule has 0 unspecified atom stereocenters. The van der Waals surface area contributed by atoms with Crippen LogP contribution in [-0.4, -0.2) is 24.2 Å². The average Bonchev–Trinajstić information content (AvgIpc) is 2.58. The molecule has 0 spiro atoms. The lowest BCUT2D eigenvalue weighted by Crippen LogP contribution is -2.18. The zero-order valence-corrected chi connectivity index (χ0v) is 13.9. The Hall–Kier alpha value is -1.89. The number of rotatable bonds is 3. The van der Waals surface area contributed by atoms with Crippen LogP contribution in [0.1, 0.15) is 28.6 Å². The van der Waals surface area contributed by atoms with Crippen molar-refractivity contribution in [2.24, 2.45) is 0 Å². The molecule has 0 atom stereocenters. The summed E-state index contributed by atoms with van der Waals surface area (Å²) >= 11 is 3.33. The van der Waals surface area contributed by atoms with E-state index in [1.54, 1.807) is 36.4 Å². The number of nitrogens with one attached hydrogen (secondary N) is 1. The van der Waals surface area contributed by atoms with E-state index < -0.39 is 6.29 Å². The van der Waals surface area contributed by atoms with Gasteiger partial charge in [-0.2, -0.15) is 0 Å². The van der Waals surface area contributed by atoms with E-state index in [-0.39, 0.29) is 11.7 Å². The fourth-order valence-corrected chi connectivity index (χ4v) is 2.54. The molecule has 1 heterocycles. The summed E-state index contributed by atoms with van der Waals surface area (Å²) in [4.78, 5) is 12.3. The van der Waals surface area contributed by atoms with Gasteiger partial charge >= 0.3 is 0 Å². The summed E-state index contributed by atoms with van der Waals surface area (Å²) in [5, 5.41) is 12.7. The highest BCUT2D eigenvalue weighted by Gasteiger charge is 2.18. The highest BCUT2D eigenvalue weighted by molar-refractivity contribution is 9.10. The van der Waals surface area contributed by atoms with Crippen LogP contribution in [-0.2, 0) is 9.47 Å². The molecule has 3 rings (SSSR count). The predicted molar refractivity (Wildman–Crippen MR) is 89.5 cm³/mol. The van der Waals surface area contributed by atoms with Crippen LogP contribution >= 0.6 is 15.9 Å². The van der Waals surface area contributed by atoms with Crippen LogP contribution < -0.4 is 5.32 Å². The van der Waals surface area contributed by atoms with Gasteiger partial charge in [0.2, 0.25) is 0 Å². The molecule has 1 amide bonds. The molecule has 2 aromatic rings. The second-order valence-electron chi connectivity index (χ2n) is 5.16. The van der Waals surface area contributed by atoms with E-state index in [2.05, 4.69) is 21.2 Å². The number of anilines is 1. The van der Waals surface area contributed by atoms with Crippen LogP contribution in [0.2, 0.25) is 0 Å². The average molecular weight is 378 g/mol. The fraction of sp³-hybridized carbons (Fsp3) is 0.235. The Bertz CT molecular complexity index is 696. The van der Waals surface area contributed by atoms with Crippen molar-refractivity contribution in [3.63, 3.8) is 0 Å². The van der Waals surface area contributed by atoms with E-state index >= 15 is 0 Å². The van der Waals surface area contributed by atoms with Crippen molar-refractivity contribution in [3.05, 3.63) is 58.1 Å². The molecular formula is C17H16BrNO4. The van der Waals surface area contributed by atoms with Gasteiger partial charge in [0.15, 0.2) is 6.29 Å². The van der Waals surface area contributed by atoms with Crippen molar-refractivity contribution in [1.29, 1.82) is 0 Å². The molecule has 0 radical (unpaired) electrons. The molecular weight excluding hydrogens is 362 g/mol. The standard InChI is InChI=1S/C17H16BrNO4/c18-13-5-2-11(3-6-13)16(21)19-14-10-12(4-7-15(14)20)17-22-8-1-9-23-17/h2-7,10,17,20H,1,8-9H2,(H,19,21). The number of phenols is 1. The van der Waals surface area contributed by atoms with E-state index in [0.29, 0.717) is 24.5 Å². The topological polar surface area (TPSA) is 67.8 Å². The van der Waals surface area contributed by atoms with Crippen molar-refractivity contribution in [2.75, 3.05) is 18.5 Å². The quantitative estimate of drug-likeness (QED) is 0.797. The minimum atomic E-state index is -0.465. The smallest absolute Gasteiger partial charge is 0.255 e. The van der Waals surface area contributed by atoms with E-state index in [1.807, 2.05) is 0 Å². The lowest BCUT2D eigenvalue weighted by molar-refractivity contribution is -0.183. The molecule has 1 fully saturated rings. The Kier molecular flexibility index (Phi) is 4.95. The number of halogens is 1. The number of carbonyl (C=O) groups is 1. The minimum absolute atomic E-state index is 0.00461. The molecule has 6 heteroatoms. The van der Waals surface area contributed by atoms with Gasteiger partial charge in [-0.15, -0.1) is 0 Å². The summed E-state index contributed by atoms with van der Waals surface area (Å²) in [6.07, 6.45) is 0.398. The van der Waals surface area contributed by atoms with Gasteiger partial charge in [-0.05, 0) is 42.8 Å². The van der Waals surface area contributed by atoms with Gasteiger partial charge < -0.3 is 19.9 Å². The summed E-state index contributed by atoms with van der Waals surface area (Å²) in [7, 11) is 0. The molecule has 0 aromatic heterocycles. The van der Waals surface area contributed by atoms with Gasteiger partial charge in [-0.3, -0.25) is 4.79 Å². The Balaban J connectivity index is 1.78. The second kappa shape index (κ2) is 7.12. The molecule has 0 saturated carbocycles. The molecule has 0 aliphatic carbocycles. The molecule has 1 aliphatic rings. The van der Waals surface area contributed by atoms with Crippen molar-refractivity contribution < 1.29 is 19.4 Å². The fourth-order valence-electron chi connectivity index (χ4n) is 2.28. The van der Waals surface area contributed by atoms with Gasteiger partial charge in [0, 0.05) is 15.6 Å². The number of phenolic OH excluding ortho intramolecular Hbond substituents is 1. The maximum atomic E-state index is 12.3. The Labute approximate surface area is 142 Å². The predicted octanol–water partition coefficient (Wildman–Crippen LogP) is 3.84. The third-order valence-corrected chi connectivity index (χ3v) is 4.00. The maximum absolute atomic E-state index is 12.3. The Morgan fingerprint density at radius 3 is 2.52 bits per heavy atom. The SMILES string of the molecule is O=C(Nc1cc(C2OCCCO2)ccc1O)c1ccc(Br)cc1. The molecule has 1 aliphatic heterocycles. The summed E-state index contributed by atoms with van der Waals surface area (Å²) in [6.45, 7) is 1.26. The van der Waals surface area contributed by atoms with Gasteiger partial charge in [0.05, 0.1) is 18.9 Å². The first-order valence-electron chi connectivity index (χ1n) is 7.26. The van der Waals surface area contributed by atoms with E-state index in [1.165, 1.54) is 6.07 Å². The van der Waals surface area contributed by atoms with Crippen LogP contribution in [0.5, 0.6) is 5.75 Å². The first kappa shape index (κ1) is 16.0. The third kappa shape index (κ3) is 3.90. The van der Waals surface area contributed by atoms with Gasteiger partial charge in [-0.25, -0.2) is 0 Å². The molecule has 2 aromatic carbocycles. The largest absolute Gasteiger partial charge is 0.506 e. The maximum Gasteiger partial charge on any atom is 0.255 e. The molecule has 1 saturated heterocycles. The van der Waals surface area contributed by atoms with Crippen LogP contribution in [0, 0.1) is 0 Å². The number of hydrogen-bond acceptors (Lipinski definition) is 4. The van der Waals surface area contributed by atoms with E-state index in [9.17, 15) is 9.90 Å². The number of benzene rings is 2. The first-order valence-corrected chi connectivity index (χ1v) is 8.06. The molecule has 23 heavy (non-hydrogen) atoms. The molecule has 5 nitrogen and oxygen atoms in total. The second-order valence-corrected chi connectivity index (χ2v) is 6.08. The Morgan fingerprint density at radius 1 is 1.13 bits per heavy atom. The van der Waals surface area contributed by atoms with Gasteiger partial charge in [-0.1, -0.05) is 22.0 Å². The van der Waals surface area contributed by atoms with Crippen LogP contribution in [0.25, 0.3) is 0 Å². The number of hydrogen-bond donors (Lipinski definition) is 2. The first-order chi connectivity index (χ1) is 11.1. The van der Waals surface area contributed by atoms with Gasteiger partial charge in [0.1, 0.15) is 5.75 Å². The lowest BCUT2D eigenvalue weighted by atomic mass is 10.1. The number of carbonyl (C=O) groups excluding carboxylic acids is 1. The summed E-state index contributed by atoms with van der Waals surface area (Å²) in [5.41, 5.74) is 1.59. The van der Waals surface area contributed by atoms with Crippen LogP contribution in [0.15, 0.2) is 46.9 Å². The zero-order chi connectivity index (χ0) is 16.2. The number of aromatic hydroxyl groups is 1. The minimum Gasteiger partial charge on any atom is -0.506 e. The molecule has 0 bridgehead atoms. The van der Waals surface area contributed by atoms with Crippen molar-refractivity contribution in [2.45, 2.75) is 12.7 Å². The van der Waals surface area contributed by atoms with Crippen LogP contribution in [0.4, 0.5) is 5.69 Å². The van der Waals surface area contributed by atoms with Crippen LogP contribution in [0.3, 0.4) is 0 Å².